The van der Waals surface area contributed by atoms with Gasteiger partial charge in [0.2, 0.25) is 0 Å². The quantitative estimate of drug-likeness (QED) is 0.129. The van der Waals surface area contributed by atoms with E-state index in [-0.39, 0.29) is 0 Å². The number of nitrogens with one attached hydrogen (secondary N) is 2. The highest BCUT2D eigenvalue weighted by atomic mass is 33.1. The Morgan fingerprint density at radius 2 is 1.33 bits per heavy atom. The fraction of sp³-hybridized carbons (Fsp3) is 0. The minimum absolute atomic E-state index is 1.22. The molecule has 0 rings (SSSR count). The Hall–Kier alpha value is 0.540. The molecule has 0 atom stereocenters. The predicted molar refractivity (Wildman–Crippen MR) is 29.8 cm³/mol. The first kappa shape index (κ1) is 6.54. The standard InChI is InChI=1S/H6N4S2/c1-3-5-6-4-2/h3-4H,1-2H2. The monoisotopic (exact) mass is 126 g/mol. The summed E-state index contributed by atoms with van der Waals surface area (Å²) in [7, 11) is 2.43. The maximum absolute atomic E-state index is 4.81. The molecule has 6 heteroatoms. The number of hydrogen-bond donors (Lipinski definition) is 4. The van der Waals surface area contributed by atoms with Crippen LogP contribution in [0.25, 0.3) is 0 Å². The van der Waals surface area contributed by atoms with Crippen molar-refractivity contribution in [3.8, 4) is 0 Å². The van der Waals surface area contributed by atoms with Gasteiger partial charge in [0.1, 0.15) is 0 Å². The van der Waals surface area contributed by atoms with Crippen LogP contribution in [-0.4, -0.2) is 0 Å². The van der Waals surface area contributed by atoms with Gasteiger partial charge >= 0.3 is 0 Å². The summed E-state index contributed by atoms with van der Waals surface area (Å²) in [4.78, 5) is 4.61. The van der Waals surface area contributed by atoms with Crippen molar-refractivity contribution in [1.29, 1.82) is 0 Å². The smallest absolute Gasteiger partial charge is 0.0214 e. The SMILES string of the molecule is NNSSNN. The molecule has 0 aromatic heterocycles. The van der Waals surface area contributed by atoms with E-state index in [1.54, 1.807) is 0 Å². The molecule has 0 spiro atoms. The molecule has 0 aliphatic rings. The predicted octanol–water partition coefficient (Wildman–Crippen LogP) is -0.876. The van der Waals surface area contributed by atoms with Gasteiger partial charge in [0, 0.05) is 22.0 Å². The van der Waals surface area contributed by atoms with Crippen LogP contribution in [-0.2, 0) is 0 Å². The zero-order chi connectivity index (χ0) is 4.83. The Morgan fingerprint density at radius 3 is 1.50 bits per heavy atom. The van der Waals surface area contributed by atoms with Gasteiger partial charge in [-0.15, -0.1) is 0 Å². The fourth-order valence-corrected chi connectivity index (χ4v) is 0.433. The minimum atomic E-state index is 1.22. The molecule has 6 N–H and O–H groups in total. The molecule has 0 fully saturated rings. The van der Waals surface area contributed by atoms with Crippen LogP contribution in [0.4, 0.5) is 0 Å². The van der Waals surface area contributed by atoms with Crippen molar-refractivity contribution in [2.75, 3.05) is 0 Å². The number of nitrogens with two attached hydrogens (primary N) is 2. The van der Waals surface area contributed by atoms with Crippen molar-refractivity contribution in [1.82, 2.24) is 9.66 Å². The Kier molecular flexibility index (Phi) is 6.04. The van der Waals surface area contributed by atoms with Crippen LogP contribution in [0, 0.1) is 0 Å². The summed E-state index contributed by atoms with van der Waals surface area (Å²) in [5.74, 6) is 9.62. The average Bonchev–Trinajstić information content (AvgIpc) is 1.61. The third-order valence-electron chi connectivity index (χ3n) is 0.138. The van der Waals surface area contributed by atoms with Crippen LogP contribution in [0.2, 0.25) is 0 Å². The van der Waals surface area contributed by atoms with Crippen LogP contribution in [0.5, 0.6) is 0 Å². The van der Waals surface area contributed by atoms with Crippen LogP contribution in [0.3, 0.4) is 0 Å². The Bertz CT molecular complexity index is 17.5. The molecule has 0 radical (unpaired) electrons. The highest BCUT2D eigenvalue weighted by molar-refractivity contribution is 8.75. The van der Waals surface area contributed by atoms with Gasteiger partial charge < -0.3 is 0 Å². The first-order valence-corrected chi connectivity index (χ1v) is 3.30. The zero-order valence-electron chi connectivity index (χ0n) is 2.97. The van der Waals surface area contributed by atoms with Crippen molar-refractivity contribution in [2.45, 2.75) is 0 Å². The van der Waals surface area contributed by atoms with E-state index in [9.17, 15) is 0 Å². The molecule has 6 heavy (non-hydrogen) atoms. The summed E-state index contributed by atoms with van der Waals surface area (Å²) < 4.78 is 0. The molecule has 0 amide bonds. The van der Waals surface area contributed by atoms with Gasteiger partial charge in [-0.05, 0) is 0 Å². The number of hydrogen-bond acceptors (Lipinski definition) is 6. The summed E-state index contributed by atoms with van der Waals surface area (Å²) in [6.07, 6.45) is 0. The van der Waals surface area contributed by atoms with Crippen molar-refractivity contribution in [3.05, 3.63) is 0 Å². The average molecular weight is 126 g/mol. The van der Waals surface area contributed by atoms with Gasteiger partial charge in [-0.3, -0.25) is 11.7 Å². The van der Waals surface area contributed by atoms with Gasteiger partial charge in [-0.25, -0.2) is 0 Å². The number of hydrazine groups is 2. The zero-order valence-corrected chi connectivity index (χ0v) is 4.60. The molecule has 0 saturated heterocycles. The summed E-state index contributed by atoms with van der Waals surface area (Å²) in [6.45, 7) is 0. The molecular weight excluding hydrogens is 120 g/mol. The van der Waals surface area contributed by atoms with Gasteiger partial charge in [-0.1, -0.05) is 0 Å². The van der Waals surface area contributed by atoms with Crippen LogP contribution >= 0.6 is 22.0 Å². The highest BCUT2D eigenvalue weighted by Crippen LogP contribution is 2.06. The van der Waals surface area contributed by atoms with Crippen LogP contribution in [0.1, 0.15) is 0 Å². The van der Waals surface area contributed by atoms with Crippen LogP contribution < -0.4 is 21.3 Å². The molecule has 0 saturated carbocycles. The van der Waals surface area contributed by atoms with E-state index < -0.39 is 0 Å². The Morgan fingerprint density at radius 1 is 1.00 bits per heavy atom. The lowest BCUT2D eigenvalue weighted by molar-refractivity contribution is 1.12. The van der Waals surface area contributed by atoms with E-state index in [0.717, 1.165) is 0 Å². The second-order valence-electron chi connectivity index (χ2n) is 0.402. The minimum Gasteiger partial charge on any atom is -0.261 e. The largest absolute Gasteiger partial charge is 0.261 e. The first-order valence-electron chi connectivity index (χ1n) is 1.15. The fourth-order valence-electron chi connectivity index (χ4n) is 0.0481. The first-order chi connectivity index (χ1) is 2.91. The molecule has 0 aromatic rings. The Balaban J connectivity index is 2.34. The molecular formula is H6N4S2. The van der Waals surface area contributed by atoms with E-state index >= 15 is 0 Å². The third-order valence-corrected chi connectivity index (χ3v) is 1.24. The topological polar surface area (TPSA) is 76.1 Å². The molecule has 0 bridgehead atoms. The summed E-state index contributed by atoms with van der Waals surface area (Å²) in [5, 5.41) is 0. The van der Waals surface area contributed by atoms with Crippen molar-refractivity contribution in [3.63, 3.8) is 0 Å². The molecule has 4 nitrogen and oxygen atoms in total. The summed E-state index contributed by atoms with van der Waals surface area (Å²) in [6, 6.07) is 0. The van der Waals surface area contributed by atoms with Gasteiger partial charge in [0.25, 0.3) is 0 Å². The molecule has 38 valence electrons. The second kappa shape index (κ2) is 5.54. The van der Waals surface area contributed by atoms with Gasteiger partial charge in [-0.2, -0.15) is 9.66 Å². The molecule has 0 unspecified atom stereocenters. The lowest BCUT2D eigenvalue weighted by atomic mass is 13.0. The summed E-state index contributed by atoms with van der Waals surface area (Å²) >= 11 is 0. The van der Waals surface area contributed by atoms with E-state index in [2.05, 4.69) is 9.66 Å². The van der Waals surface area contributed by atoms with Gasteiger partial charge in [0.15, 0.2) is 0 Å². The van der Waals surface area contributed by atoms with Crippen molar-refractivity contribution in [2.24, 2.45) is 11.7 Å². The van der Waals surface area contributed by atoms with Crippen molar-refractivity contribution < 1.29 is 0 Å². The van der Waals surface area contributed by atoms with E-state index in [1.165, 1.54) is 22.0 Å². The van der Waals surface area contributed by atoms with E-state index in [4.69, 9.17) is 11.7 Å². The maximum Gasteiger partial charge on any atom is 0.0214 e. The highest BCUT2D eigenvalue weighted by Gasteiger charge is 1.73. The summed E-state index contributed by atoms with van der Waals surface area (Å²) in [5.41, 5.74) is 0. The van der Waals surface area contributed by atoms with E-state index in [0.29, 0.717) is 0 Å². The lowest BCUT2D eigenvalue weighted by Crippen LogP contribution is -2.15. The van der Waals surface area contributed by atoms with Crippen LogP contribution in [0.15, 0.2) is 0 Å². The normalized spacial score (nSPS) is 9.00. The molecule has 0 aliphatic carbocycles. The Labute approximate surface area is 44.0 Å². The second-order valence-corrected chi connectivity index (χ2v) is 2.21. The number of rotatable bonds is 3. The van der Waals surface area contributed by atoms with E-state index in [1.807, 2.05) is 0 Å². The third kappa shape index (κ3) is 4.54. The molecule has 0 aliphatic heterocycles. The maximum atomic E-state index is 4.81. The molecule has 0 heterocycles. The van der Waals surface area contributed by atoms with Crippen molar-refractivity contribution >= 4 is 22.0 Å². The molecule has 0 aromatic carbocycles. The lowest BCUT2D eigenvalue weighted by Gasteiger charge is -1.89. The van der Waals surface area contributed by atoms with Gasteiger partial charge in [0.05, 0.1) is 0 Å².